The standard InChI is InChI=1S/C42H56N10O2/c1-42(2,3)37-26-39(52(47-37)32-12-10-11-30(25-32)27-49-23-21-48(4)22-24-49)46-41(53)45-36-17-15-31(34-13-6-7-14-35(34)36)29-54-33-16-18-38(43)51(28-33)40(44)50-19-8-5-9-20-50/h6-7,10-14,16,18,25-26,28,31,36,43-44H,5,8-9,15,17,19-24,27,29H2,1-4H3,(H2,45,46,53). The van der Waals surface area contributed by atoms with Gasteiger partial charge in [0.15, 0.2) is 0 Å². The van der Waals surface area contributed by atoms with E-state index in [2.05, 4.69) is 84.7 Å². The zero-order valence-corrected chi connectivity index (χ0v) is 32.3. The van der Waals surface area contributed by atoms with Crippen molar-refractivity contribution < 1.29 is 9.53 Å². The molecule has 2 unspecified atom stereocenters. The molecule has 54 heavy (non-hydrogen) atoms. The number of anilines is 1. The smallest absolute Gasteiger partial charge is 0.320 e. The van der Waals surface area contributed by atoms with Crippen molar-refractivity contribution >= 4 is 17.8 Å². The summed E-state index contributed by atoms with van der Waals surface area (Å²) in [5.41, 5.74) is 5.37. The molecule has 2 saturated heterocycles. The number of likely N-dealkylation sites (N-methyl/N-ethyl adjacent to an activating group) is 1. The van der Waals surface area contributed by atoms with Crippen LogP contribution in [0.15, 0.2) is 72.9 Å². The SMILES string of the molecule is CN1CCN(Cc2cccc(-n3nc(C(C)(C)C)cc3NC(=O)NC3CCC(COc4ccc(=N)n(C(=N)N5CCCCC5)c4)c4ccccc43)c2)CC1. The first-order chi connectivity index (χ1) is 26.0. The van der Waals surface area contributed by atoms with Crippen LogP contribution in [-0.4, -0.2) is 94.0 Å². The number of likely N-dealkylation sites (tertiary alicyclic amines) is 1. The number of aromatic nitrogens is 3. The van der Waals surface area contributed by atoms with Gasteiger partial charge in [-0.3, -0.25) is 25.6 Å². The molecule has 4 aromatic rings. The minimum absolute atomic E-state index is 0.141. The summed E-state index contributed by atoms with van der Waals surface area (Å²) in [7, 11) is 2.17. The van der Waals surface area contributed by atoms with E-state index < -0.39 is 0 Å². The molecule has 286 valence electrons. The molecule has 0 saturated carbocycles. The van der Waals surface area contributed by atoms with Crippen LogP contribution in [0.25, 0.3) is 5.69 Å². The lowest BCUT2D eigenvalue weighted by Crippen LogP contribution is -2.43. The van der Waals surface area contributed by atoms with Gasteiger partial charge in [-0.1, -0.05) is 57.2 Å². The number of urea groups is 1. The van der Waals surface area contributed by atoms with Crippen molar-refractivity contribution in [3.8, 4) is 11.4 Å². The minimum atomic E-state index is -0.268. The molecule has 3 aliphatic rings. The Morgan fingerprint density at radius 3 is 2.43 bits per heavy atom. The number of nitrogens with zero attached hydrogens (tertiary/aromatic N) is 6. The summed E-state index contributed by atoms with van der Waals surface area (Å²) >= 11 is 0. The first kappa shape index (κ1) is 37.4. The highest BCUT2D eigenvalue weighted by Gasteiger charge is 2.30. The van der Waals surface area contributed by atoms with E-state index in [0.29, 0.717) is 24.1 Å². The Kier molecular flexibility index (Phi) is 11.2. The Bertz CT molecular complexity index is 2000. The number of piperidine rings is 1. The largest absolute Gasteiger partial charge is 0.491 e. The van der Waals surface area contributed by atoms with Crippen molar-refractivity contribution in [2.45, 2.75) is 76.8 Å². The van der Waals surface area contributed by atoms with Crippen molar-refractivity contribution in [1.29, 1.82) is 10.8 Å². The fourth-order valence-corrected chi connectivity index (χ4v) is 7.79. The van der Waals surface area contributed by atoms with E-state index >= 15 is 0 Å². The van der Waals surface area contributed by atoms with E-state index in [1.54, 1.807) is 16.8 Å². The topological polar surface area (TPSA) is 131 Å². The van der Waals surface area contributed by atoms with Crippen LogP contribution in [-0.2, 0) is 12.0 Å². The maximum absolute atomic E-state index is 13.8. The van der Waals surface area contributed by atoms with Crippen LogP contribution in [0.1, 0.15) is 87.2 Å². The van der Waals surface area contributed by atoms with Crippen molar-refractivity contribution in [1.82, 2.24) is 34.4 Å². The van der Waals surface area contributed by atoms with Crippen LogP contribution in [0.3, 0.4) is 0 Å². The second-order valence-electron chi connectivity index (χ2n) is 16.2. The van der Waals surface area contributed by atoms with Crippen molar-refractivity contribution in [2.75, 3.05) is 58.2 Å². The summed E-state index contributed by atoms with van der Waals surface area (Å²) in [6, 6.07) is 21.8. The maximum Gasteiger partial charge on any atom is 0.320 e. The number of carbonyl (C=O) groups excluding carboxylic acids is 1. The first-order valence-corrected chi connectivity index (χ1v) is 19.5. The number of piperazine rings is 1. The van der Waals surface area contributed by atoms with Crippen LogP contribution in [0, 0.1) is 10.8 Å². The van der Waals surface area contributed by atoms with Gasteiger partial charge in [-0.15, -0.1) is 0 Å². The van der Waals surface area contributed by atoms with E-state index in [1.807, 2.05) is 33.8 Å². The summed E-state index contributed by atoms with van der Waals surface area (Å²) in [6.07, 6.45) is 6.70. The van der Waals surface area contributed by atoms with Crippen molar-refractivity contribution in [3.63, 3.8) is 0 Å². The van der Waals surface area contributed by atoms with Gasteiger partial charge in [0.25, 0.3) is 0 Å². The zero-order chi connectivity index (χ0) is 37.8. The molecule has 4 heterocycles. The monoisotopic (exact) mass is 732 g/mol. The molecule has 7 rings (SSSR count). The van der Waals surface area contributed by atoms with E-state index in [1.165, 1.54) is 12.0 Å². The van der Waals surface area contributed by atoms with Gasteiger partial charge in [0.05, 0.1) is 30.2 Å². The van der Waals surface area contributed by atoms with Gasteiger partial charge in [0, 0.05) is 63.2 Å². The third-order valence-electron chi connectivity index (χ3n) is 11.1. The molecule has 2 aromatic carbocycles. The van der Waals surface area contributed by atoms with Crippen molar-refractivity contribution in [3.05, 3.63) is 101 Å². The molecule has 0 spiro atoms. The number of fused-ring (bicyclic) bond motifs is 1. The summed E-state index contributed by atoms with van der Waals surface area (Å²) in [4.78, 5) is 20.7. The Balaban J connectivity index is 1.03. The number of hydrogen-bond acceptors (Lipinski definition) is 7. The minimum Gasteiger partial charge on any atom is -0.491 e. The highest BCUT2D eigenvalue weighted by atomic mass is 16.5. The molecule has 2 fully saturated rings. The molecular weight excluding hydrogens is 677 g/mol. The van der Waals surface area contributed by atoms with Gasteiger partial charge >= 0.3 is 6.03 Å². The van der Waals surface area contributed by atoms with Crippen LogP contribution in [0.5, 0.6) is 5.75 Å². The van der Waals surface area contributed by atoms with Crippen molar-refractivity contribution in [2.24, 2.45) is 0 Å². The van der Waals surface area contributed by atoms with Gasteiger partial charge in [-0.25, -0.2) is 9.48 Å². The molecule has 12 heteroatoms. The van der Waals surface area contributed by atoms with E-state index in [9.17, 15) is 4.79 Å². The molecule has 4 N–H and O–H groups in total. The lowest BCUT2D eigenvalue weighted by atomic mass is 9.80. The second kappa shape index (κ2) is 16.2. The molecule has 0 radical (unpaired) electrons. The number of rotatable bonds is 8. The van der Waals surface area contributed by atoms with Gasteiger partial charge in [0.1, 0.15) is 17.1 Å². The van der Waals surface area contributed by atoms with Crippen LogP contribution >= 0.6 is 0 Å². The summed E-state index contributed by atoms with van der Waals surface area (Å²) < 4.78 is 9.81. The molecule has 0 bridgehead atoms. The van der Waals surface area contributed by atoms with Gasteiger partial charge < -0.3 is 19.9 Å². The molecule has 12 nitrogen and oxygen atoms in total. The fourth-order valence-electron chi connectivity index (χ4n) is 7.79. The number of pyridine rings is 1. The Morgan fingerprint density at radius 2 is 1.67 bits per heavy atom. The molecule has 2 atom stereocenters. The number of amides is 2. The average Bonchev–Trinajstić information content (AvgIpc) is 3.60. The van der Waals surface area contributed by atoms with Crippen LogP contribution < -0.4 is 20.9 Å². The summed E-state index contributed by atoms with van der Waals surface area (Å²) in [6.45, 7) is 13.7. The Hall–Kier alpha value is -4.94. The molecule has 2 amide bonds. The lowest BCUT2D eigenvalue weighted by molar-refractivity contribution is 0.148. The maximum atomic E-state index is 13.8. The molecule has 2 aromatic heterocycles. The third-order valence-corrected chi connectivity index (χ3v) is 11.1. The summed E-state index contributed by atoms with van der Waals surface area (Å²) in [5, 5.41) is 28.6. The lowest BCUT2D eigenvalue weighted by Gasteiger charge is -2.32. The van der Waals surface area contributed by atoms with E-state index in [0.717, 1.165) is 94.0 Å². The highest BCUT2D eigenvalue weighted by molar-refractivity contribution is 5.89. The molecule has 1 aliphatic carbocycles. The number of nitrogens with one attached hydrogen (secondary N) is 4. The Labute approximate surface area is 319 Å². The predicted octanol–water partition coefficient (Wildman–Crippen LogP) is 6.29. The fraction of sp³-hybridized carbons (Fsp3) is 0.476. The molecular formula is C42H56N10O2. The predicted molar refractivity (Wildman–Crippen MR) is 213 cm³/mol. The number of benzene rings is 2. The van der Waals surface area contributed by atoms with E-state index in [-0.39, 0.29) is 28.9 Å². The second-order valence-corrected chi connectivity index (χ2v) is 16.2. The third kappa shape index (κ3) is 8.71. The van der Waals surface area contributed by atoms with E-state index in [4.69, 9.17) is 20.7 Å². The highest BCUT2D eigenvalue weighted by Crippen LogP contribution is 2.38. The number of ether oxygens (including phenoxy) is 1. The summed E-state index contributed by atoms with van der Waals surface area (Å²) in [5.74, 6) is 1.74. The number of carbonyl (C=O) groups is 1. The van der Waals surface area contributed by atoms with Gasteiger partial charge in [-0.2, -0.15) is 5.10 Å². The van der Waals surface area contributed by atoms with Gasteiger partial charge in [0.2, 0.25) is 5.96 Å². The Morgan fingerprint density at radius 1 is 0.907 bits per heavy atom. The average molecular weight is 733 g/mol. The van der Waals surface area contributed by atoms with Crippen LogP contribution in [0.4, 0.5) is 10.6 Å². The molecule has 2 aliphatic heterocycles. The quantitative estimate of drug-likeness (QED) is 0.125. The zero-order valence-electron chi connectivity index (χ0n) is 32.3. The number of hydrogen-bond donors (Lipinski definition) is 4. The van der Waals surface area contributed by atoms with Crippen LogP contribution in [0.2, 0.25) is 0 Å². The normalized spacial score (nSPS) is 19.6. The first-order valence-electron chi connectivity index (χ1n) is 19.5. The van der Waals surface area contributed by atoms with Gasteiger partial charge in [-0.05, 0) is 80.1 Å².